The monoisotopic (exact) mass is 272 g/mol. The van der Waals surface area contributed by atoms with Crippen molar-refractivity contribution in [2.75, 3.05) is 12.3 Å². The molecule has 82 valence electrons. The van der Waals surface area contributed by atoms with Crippen molar-refractivity contribution in [1.29, 1.82) is 0 Å². The molecule has 3 N–H and O–H groups in total. The Morgan fingerprint density at radius 2 is 2.53 bits per heavy atom. The van der Waals surface area contributed by atoms with Crippen molar-refractivity contribution in [2.24, 2.45) is 5.92 Å². The first-order valence-electron chi connectivity index (χ1n) is 4.93. The van der Waals surface area contributed by atoms with Crippen molar-refractivity contribution >= 4 is 27.7 Å². The van der Waals surface area contributed by atoms with Crippen LogP contribution in [0.4, 0.5) is 5.82 Å². The van der Waals surface area contributed by atoms with Crippen molar-refractivity contribution in [3.05, 3.63) is 10.7 Å². The summed E-state index contributed by atoms with van der Waals surface area (Å²) < 4.78 is 2.57. The van der Waals surface area contributed by atoms with Gasteiger partial charge in [-0.2, -0.15) is 5.10 Å². The molecule has 0 spiro atoms. The molecule has 0 saturated carbocycles. The molecule has 1 amide bonds. The van der Waals surface area contributed by atoms with Crippen LogP contribution in [0.5, 0.6) is 0 Å². The second-order valence-corrected chi connectivity index (χ2v) is 4.54. The lowest BCUT2D eigenvalue weighted by atomic mass is 10.0. The van der Waals surface area contributed by atoms with Crippen molar-refractivity contribution in [3.63, 3.8) is 0 Å². The molecular formula is C9H13BrN4O. The summed E-state index contributed by atoms with van der Waals surface area (Å²) >= 11 is 3.29. The third-order valence-corrected chi connectivity index (χ3v) is 3.22. The number of carbonyl (C=O) groups is 1. The molecule has 1 saturated heterocycles. The molecule has 15 heavy (non-hydrogen) atoms. The zero-order valence-corrected chi connectivity index (χ0v) is 9.83. The Balaban J connectivity index is 1.90. The number of anilines is 1. The molecule has 6 heteroatoms. The SMILES string of the molecule is Nc1nn(CCC2CCNC2=O)cc1Br. The van der Waals surface area contributed by atoms with E-state index >= 15 is 0 Å². The number of nitrogens with one attached hydrogen (secondary N) is 1. The number of carbonyl (C=O) groups excluding carboxylic acids is 1. The molecule has 1 aromatic heterocycles. The number of hydrogen-bond donors (Lipinski definition) is 2. The number of nitrogens with two attached hydrogens (primary N) is 1. The normalized spacial score (nSPS) is 20.6. The first-order valence-corrected chi connectivity index (χ1v) is 5.72. The minimum atomic E-state index is 0.134. The second-order valence-electron chi connectivity index (χ2n) is 3.69. The lowest BCUT2D eigenvalue weighted by molar-refractivity contribution is -0.122. The standard InChI is InChI=1S/C9H13BrN4O/c10-7-5-14(13-8(7)11)4-2-6-1-3-12-9(6)15/h5-6H,1-4H2,(H2,11,13)(H,12,15). The van der Waals surface area contributed by atoms with E-state index in [1.54, 1.807) is 4.68 Å². The molecule has 1 aliphatic heterocycles. The van der Waals surface area contributed by atoms with Crippen LogP contribution in [0.1, 0.15) is 12.8 Å². The number of hydrogen-bond acceptors (Lipinski definition) is 3. The van der Waals surface area contributed by atoms with Crippen LogP contribution in [-0.2, 0) is 11.3 Å². The second kappa shape index (κ2) is 4.22. The molecule has 0 aromatic carbocycles. The molecule has 0 bridgehead atoms. The number of halogens is 1. The van der Waals surface area contributed by atoms with Gasteiger partial charge in [-0.25, -0.2) is 0 Å². The summed E-state index contributed by atoms with van der Waals surface area (Å²) in [5.74, 6) is 0.786. The van der Waals surface area contributed by atoms with E-state index in [0.717, 1.165) is 30.4 Å². The maximum absolute atomic E-state index is 11.3. The minimum Gasteiger partial charge on any atom is -0.381 e. The first kappa shape index (κ1) is 10.5. The quantitative estimate of drug-likeness (QED) is 0.853. The van der Waals surface area contributed by atoms with Crippen molar-refractivity contribution in [3.8, 4) is 0 Å². The predicted molar refractivity (Wildman–Crippen MR) is 60.1 cm³/mol. The van der Waals surface area contributed by atoms with Crippen LogP contribution in [0.3, 0.4) is 0 Å². The number of nitrogen functional groups attached to an aromatic ring is 1. The van der Waals surface area contributed by atoms with Crippen LogP contribution < -0.4 is 11.1 Å². The summed E-state index contributed by atoms with van der Waals surface area (Å²) in [7, 11) is 0. The number of aryl methyl sites for hydroxylation is 1. The highest BCUT2D eigenvalue weighted by Gasteiger charge is 2.23. The highest BCUT2D eigenvalue weighted by atomic mass is 79.9. The van der Waals surface area contributed by atoms with Gasteiger partial charge in [0.25, 0.3) is 0 Å². The topological polar surface area (TPSA) is 72.9 Å². The Labute approximate surface area is 96.1 Å². The van der Waals surface area contributed by atoms with Gasteiger partial charge in [0.05, 0.1) is 4.47 Å². The third kappa shape index (κ3) is 2.31. The van der Waals surface area contributed by atoms with E-state index in [1.165, 1.54) is 0 Å². The van der Waals surface area contributed by atoms with E-state index in [1.807, 2.05) is 6.20 Å². The van der Waals surface area contributed by atoms with Gasteiger partial charge >= 0.3 is 0 Å². The zero-order valence-electron chi connectivity index (χ0n) is 8.24. The fraction of sp³-hybridized carbons (Fsp3) is 0.556. The molecule has 5 nitrogen and oxygen atoms in total. The van der Waals surface area contributed by atoms with Gasteiger partial charge in [-0.15, -0.1) is 0 Å². The maximum Gasteiger partial charge on any atom is 0.223 e. The maximum atomic E-state index is 11.3. The number of amides is 1. The van der Waals surface area contributed by atoms with Gasteiger partial charge in [0, 0.05) is 25.2 Å². The smallest absolute Gasteiger partial charge is 0.223 e. The average molecular weight is 273 g/mol. The molecular weight excluding hydrogens is 260 g/mol. The van der Waals surface area contributed by atoms with E-state index in [4.69, 9.17) is 5.73 Å². The Morgan fingerprint density at radius 1 is 1.73 bits per heavy atom. The average Bonchev–Trinajstić information content (AvgIpc) is 2.72. The summed E-state index contributed by atoms with van der Waals surface area (Å²) in [6, 6.07) is 0. The fourth-order valence-electron chi connectivity index (χ4n) is 1.74. The minimum absolute atomic E-state index is 0.134. The van der Waals surface area contributed by atoms with Gasteiger partial charge in [-0.3, -0.25) is 9.48 Å². The van der Waals surface area contributed by atoms with E-state index in [-0.39, 0.29) is 11.8 Å². The number of nitrogens with zero attached hydrogens (tertiary/aromatic N) is 2. The van der Waals surface area contributed by atoms with Gasteiger partial charge < -0.3 is 11.1 Å². The van der Waals surface area contributed by atoms with Crippen LogP contribution >= 0.6 is 15.9 Å². The van der Waals surface area contributed by atoms with Crippen LogP contribution in [0.25, 0.3) is 0 Å². The Morgan fingerprint density at radius 3 is 3.07 bits per heavy atom. The van der Waals surface area contributed by atoms with E-state index in [9.17, 15) is 4.79 Å². The van der Waals surface area contributed by atoms with Crippen molar-refractivity contribution < 1.29 is 4.79 Å². The van der Waals surface area contributed by atoms with Crippen LogP contribution in [0, 0.1) is 5.92 Å². The van der Waals surface area contributed by atoms with Crippen LogP contribution in [-0.4, -0.2) is 22.2 Å². The number of aromatic nitrogens is 2. The Kier molecular flexibility index (Phi) is 2.95. The molecule has 2 heterocycles. The van der Waals surface area contributed by atoms with Crippen molar-refractivity contribution in [2.45, 2.75) is 19.4 Å². The lowest BCUT2D eigenvalue weighted by Crippen LogP contribution is -2.20. The van der Waals surface area contributed by atoms with Gasteiger partial charge in [0.2, 0.25) is 5.91 Å². The van der Waals surface area contributed by atoms with Crippen LogP contribution in [0.2, 0.25) is 0 Å². The van der Waals surface area contributed by atoms with Crippen molar-refractivity contribution in [1.82, 2.24) is 15.1 Å². The summed E-state index contributed by atoms with van der Waals surface area (Å²) in [4.78, 5) is 11.3. The summed E-state index contributed by atoms with van der Waals surface area (Å²) in [6.07, 6.45) is 3.58. The van der Waals surface area contributed by atoms with E-state index in [2.05, 4.69) is 26.3 Å². The molecule has 1 unspecified atom stereocenters. The molecule has 1 aliphatic rings. The number of rotatable bonds is 3. The zero-order chi connectivity index (χ0) is 10.8. The molecule has 1 fully saturated rings. The van der Waals surface area contributed by atoms with Gasteiger partial charge in [-0.05, 0) is 28.8 Å². The highest BCUT2D eigenvalue weighted by molar-refractivity contribution is 9.10. The molecule has 2 rings (SSSR count). The predicted octanol–water partition coefficient (Wildman–Crippen LogP) is 0.754. The van der Waals surface area contributed by atoms with Gasteiger partial charge in [-0.1, -0.05) is 0 Å². The van der Waals surface area contributed by atoms with E-state index in [0.29, 0.717) is 5.82 Å². The molecule has 0 radical (unpaired) electrons. The van der Waals surface area contributed by atoms with Crippen LogP contribution in [0.15, 0.2) is 10.7 Å². The third-order valence-electron chi connectivity index (χ3n) is 2.61. The summed E-state index contributed by atoms with van der Waals surface area (Å²) in [5, 5.41) is 6.93. The largest absolute Gasteiger partial charge is 0.381 e. The highest BCUT2D eigenvalue weighted by Crippen LogP contribution is 2.19. The Bertz CT molecular complexity index is 357. The summed E-state index contributed by atoms with van der Waals surface area (Å²) in [6.45, 7) is 1.53. The fourth-order valence-corrected chi connectivity index (χ4v) is 2.05. The van der Waals surface area contributed by atoms with E-state index < -0.39 is 0 Å². The molecule has 1 atom stereocenters. The summed E-state index contributed by atoms with van der Waals surface area (Å²) in [5.41, 5.74) is 5.59. The van der Waals surface area contributed by atoms with Gasteiger partial charge in [0.15, 0.2) is 5.82 Å². The molecule has 0 aliphatic carbocycles. The lowest BCUT2D eigenvalue weighted by Gasteiger charge is -2.05. The molecule has 1 aromatic rings. The Hall–Kier alpha value is -1.04. The van der Waals surface area contributed by atoms with Gasteiger partial charge in [0.1, 0.15) is 0 Å². The first-order chi connectivity index (χ1) is 7.16.